The van der Waals surface area contributed by atoms with Crippen molar-refractivity contribution in [2.24, 2.45) is 11.3 Å². The van der Waals surface area contributed by atoms with Crippen LogP contribution in [0.1, 0.15) is 46.5 Å². The van der Waals surface area contributed by atoms with Gasteiger partial charge in [0.05, 0.1) is 5.75 Å². The number of carbonyl (C=O) groups is 1. The molecule has 1 aromatic rings. The highest BCUT2D eigenvalue weighted by Gasteiger charge is 2.31. The van der Waals surface area contributed by atoms with Crippen LogP contribution in [0.15, 0.2) is 17.6 Å². The van der Waals surface area contributed by atoms with E-state index >= 15 is 0 Å². The maximum Gasteiger partial charge on any atom is 0.316 e. The van der Waals surface area contributed by atoms with Crippen LogP contribution < -0.4 is 0 Å². The molecule has 1 N–H and O–H groups in total. The second-order valence-corrected chi connectivity index (χ2v) is 7.48. The summed E-state index contributed by atoms with van der Waals surface area (Å²) in [5.74, 6) is 0.938. The Labute approximate surface area is 125 Å². The molecule has 0 aromatic carbocycles. The van der Waals surface area contributed by atoms with Crippen molar-refractivity contribution in [2.75, 3.05) is 5.75 Å². The van der Waals surface area contributed by atoms with Crippen LogP contribution in [0.4, 0.5) is 0 Å². The van der Waals surface area contributed by atoms with Gasteiger partial charge in [0.2, 0.25) is 0 Å². The third kappa shape index (κ3) is 4.54. The summed E-state index contributed by atoms with van der Waals surface area (Å²) in [6.07, 6.45) is 7.86. The molecule has 1 aliphatic carbocycles. The summed E-state index contributed by atoms with van der Waals surface area (Å²) in [7, 11) is 0. The van der Waals surface area contributed by atoms with Gasteiger partial charge >= 0.3 is 5.97 Å². The number of rotatable bonds is 4. The first-order valence-corrected chi connectivity index (χ1v) is 8.25. The summed E-state index contributed by atoms with van der Waals surface area (Å²) in [5.41, 5.74) is 0.365. The predicted octanol–water partition coefficient (Wildman–Crippen LogP) is 3.65. The maximum atomic E-state index is 11.8. The van der Waals surface area contributed by atoms with Crippen LogP contribution in [-0.2, 0) is 9.53 Å². The molecule has 20 heavy (non-hydrogen) atoms. The molecule has 5 heteroatoms. The molecule has 1 heterocycles. The van der Waals surface area contributed by atoms with E-state index in [1.54, 1.807) is 12.4 Å². The van der Waals surface area contributed by atoms with Crippen molar-refractivity contribution in [3.63, 3.8) is 0 Å². The van der Waals surface area contributed by atoms with Crippen molar-refractivity contribution in [3.05, 3.63) is 12.4 Å². The topological polar surface area (TPSA) is 55.0 Å². The van der Waals surface area contributed by atoms with Crippen molar-refractivity contribution >= 4 is 17.7 Å². The first-order chi connectivity index (χ1) is 9.45. The van der Waals surface area contributed by atoms with Gasteiger partial charge in [0, 0.05) is 12.4 Å². The van der Waals surface area contributed by atoms with Gasteiger partial charge in [-0.2, -0.15) is 0 Å². The number of aromatic nitrogens is 2. The zero-order valence-electron chi connectivity index (χ0n) is 12.5. The molecule has 112 valence electrons. The highest BCUT2D eigenvalue weighted by atomic mass is 32.2. The van der Waals surface area contributed by atoms with Gasteiger partial charge in [-0.05, 0) is 37.0 Å². The molecule has 0 amide bonds. The van der Waals surface area contributed by atoms with Gasteiger partial charge < -0.3 is 9.72 Å². The average Bonchev–Trinajstić information content (AvgIpc) is 2.89. The number of nitrogens with one attached hydrogen (secondary N) is 1. The molecule has 0 aliphatic heterocycles. The molecule has 0 radical (unpaired) electrons. The minimum Gasteiger partial charge on any atom is -0.462 e. The van der Waals surface area contributed by atoms with Crippen LogP contribution in [0.25, 0.3) is 0 Å². The largest absolute Gasteiger partial charge is 0.462 e. The molecule has 0 atom stereocenters. The van der Waals surface area contributed by atoms with Gasteiger partial charge in [0.25, 0.3) is 0 Å². The Hall–Kier alpha value is -0.970. The number of hydrogen-bond donors (Lipinski definition) is 1. The molecule has 0 unspecified atom stereocenters. The lowest BCUT2D eigenvalue weighted by Crippen LogP contribution is -2.30. The van der Waals surface area contributed by atoms with E-state index in [9.17, 15) is 4.79 Å². The SMILES string of the molecule is CC(C)(C)C1CCC(OC(=O)CSc2ncc[nH]2)CC1. The van der Waals surface area contributed by atoms with E-state index in [0.717, 1.165) is 36.8 Å². The molecule has 0 saturated heterocycles. The lowest BCUT2D eigenvalue weighted by molar-refractivity contribution is -0.148. The van der Waals surface area contributed by atoms with Gasteiger partial charge in [-0.25, -0.2) is 4.98 Å². The van der Waals surface area contributed by atoms with Gasteiger partial charge in [-0.15, -0.1) is 0 Å². The Morgan fingerprint density at radius 1 is 1.40 bits per heavy atom. The first-order valence-electron chi connectivity index (χ1n) is 7.27. The normalized spacial score (nSPS) is 23.6. The Kier molecular flexibility index (Phi) is 5.13. The molecule has 1 saturated carbocycles. The number of H-pyrrole nitrogens is 1. The summed E-state index contributed by atoms with van der Waals surface area (Å²) in [4.78, 5) is 18.8. The number of esters is 1. The highest BCUT2D eigenvalue weighted by molar-refractivity contribution is 7.99. The van der Waals surface area contributed by atoms with Crippen LogP contribution in [0, 0.1) is 11.3 Å². The highest BCUT2D eigenvalue weighted by Crippen LogP contribution is 2.38. The molecule has 1 fully saturated rings. The fraction of sp³-hybridized carbons (Fsp3) is 0.733. The van der Waals surface area contributed by atoms with E-state index in [1.165, 1.54) is 11.8 Å². The molecule has 0 spiro atoms. The summed E-state index contributed by atoms with van der Waals surface area (Å²) < 4.78 is 5.55. The predicted molar refractivity (Wildman–Crippen MR) is 80.6 cm³/mol. The summed E-state index contributed by atoms with van der Waals surface area (Å²) >= 11 is 1.39. The van der Waals surface area contributed by atoms with E-state index in [2.05, 4.69) is 30.7 Å². The summed E-state index contributed by atoms with van der Waals surface area (Å²) in [6, 6.07) is 0. The smallest absolute Gasteiger partial charge is 0.316 e. The number of thioether (sulfide) groups is 1. The number of imidazole rings is 1. The molecule has 1 aliphatic rings. The number of carbonyl (C=O) groups excluding carboxylic acids is 1. The third-order valence-corrected chi connectivity index (χ3v) is 4.87. The Morgan fingerprint density at radius 3 is 2.65 bits per heavy atom. The van der Waals surface area contributed by atoms with Gasteiger partial charge in [-0.1, -0.05) is 32.5 Å². The van der Waals surface area contributed by atoms with Gasteiger partial charge in [-0.3, -0.25) is 4.79 Å². The minimum atomic E-state index is -0.134. The number of hydrogen-bond acceptors (Lipinski definition) is 4. The first kappa shape index (κ1) is 15.4. The maximum absolute atomic E-state index is 11.8. The third-order valence-electron chi connectivity index (χ3n) is 4.00. The van der Waals surface area contributed by atoms with Crippen molar-refractivity contribution in [1.29, 1.82) is 0 Å². The van der Waals surface area contributed by atoms with E-state index in [4.69, 9.17) is 4.74 Å². The molecular formula is C15H24N2O2S. The Bertz CT molecular complexity index is 418. The standard InChI is InChI=1S/C15H24N2O2S/c1-15(2,3)11-4-6-12(7-5-11)19-13(18)10-20-14-16-8-9-17-14/h8-9,11-12H,4-7,10H2,1-3H3,(H,16,17). The van der Waals surface area contributed by atoms with E-state index in [-0.39, 0.29) is 12.1 Å². The zero-order valence-corrected chi connectivity index (χ0v) is 13.3. The summed E-state index contributed by atoms with van der Waals surface area (Å²) in [5, 5.41) is 0.762. The number of aromatic amines is 1. The van der Waals surface area contributed by atoms with Gasteiger partial charge in [0.15, 0.2) is 5.16 Å². The van der Waals surface area contributed by atoms with Crippen LogP contribution >= 0.6 is 11.8 Å². The Balaban J connectivity index is 1.68. The molecule has 1 aromatic heterocycles. The van der Waals surface area contributed by atoms with E-state index in [0.29, 0.717) is 11.2 Å². The van der Waals surface area contributed by atoms with Crippen molar-refractivity contribution < 1.29 is 9.53 Å². The molecular weight excluding hydrogens is 272 g/mol. The van der Waals surface area contributed by atoms with Crippen molar-refractivity contribution in [2.45, 2.75) is 57.7 Å². The van der Waals surface area contributed by atoms with E-state index < -0.39 is 0 Å². The zero-order chi connectivity index (χ0) is 14.6. The van der Waals surface area contributed by atoms with Crippen molar-refractivity contribution in [3.8, 4) is 0 Å². The molecule has 0 bridgehead atoms. The minimum absolute atomic E-state index is 0.110. The van der Waals surface area contributed by atoms with Gasteiger partial charge in [0.1, 0.15) is 6.10 Å². The fourth-order valence-electron chi connectivity index (χ4n) is 2.72. The van der Waals surface area contributed by atoms with Crippen LogP contribution in [0.5, 0.6) is 0 Å². The second-order valence-electron chi connectivity index (χ2n) is 6.51. The number of nitrogens with zero attached hydrogens (tertiary/aromatic N) is 1. The van der Waals surface area contributed by atoms with Crippen molar-refractivity contribution in [1.82, 2.24) is 9.97 Å². The average molecular weight is 296 g/mol. The lowest BCUT2D eigenvalue weighted by Gasteiger charge is -2.36. The summed E-state index contributed by atoms with van der Waals surface area (Å²) in [6.45, 7) is 6.89. The number of ether oxygens (including phenoxy) is 1. The van der Waals surface area contributed by atoms with Crippen LogP contribution in [0.3, 0.4) is 0 Å². The van der Waals surface area contributed by atoms with Crippen LogP contribution in [0.2, 0.25) is 0 Å². The van der Waals surface area contributed by atoms with E-state index in [1.807, 2.05) is 0 Å². The van der Waals surface area contributed by atoms with Crippen LogP contribution in [-0.4, -0.2) is 27.8 Å². The molecule has 2 rings (SSSR count). The quantitative estimate of drug-likeness (QED) is 0.680. The second kappa shape index (κ2) is 6.66. The fourth-order valence-corrected chi connectivity index (χ4v) is 3.33. The molecule has 4 nitrogen and oxygen atoms in total. The lowest BCUT2D eigenvalue weighted by atomic mass is 9.72. The Morgan fingerprint density at radius 2 is 2.10 bits per heavy atom. The monoisotopic (exact) mass is 296 g/mol.